The van der Waals surface area contributed by atoms with E-state index in [1.807, 2.05) is 0 Å². The highest BCUT2D eigenvalue weighted by Gasteiger charge is 2.36. The molecule has 126 valence electrons. The summed E-state index contributed by atoms with van der Waals surface area (Å²) in [6.07, 6.45) is 7.78. The largest absolute Gasteiger partial charge is 0.345 e. The van der Waals surface area contributed by atoms with Crippen molar-refractivity contribution in [3.05, 3.63) is 36.7 Å². The number of fused-ring (bicyclic) bond motifs is 1. The molecule has 4 rings (SSSR count). The molecule has 3 aromatic rings. The molecule has 1 N–H and O–H groups in total. The van der Waals surface area contributed by atoms with Gasteiger partial charge in [0, 0.05) is 24.3 Å². The number of aromatic nitrogens is 4. The van der Waals surface area contributed by atoms with Gasteiger partial charge in [-0.15, -0.1) is 0 Å². The highest BCUT2D eigenvalue weighted by Crippen LogP contribution is 2.34. The molecule has 24 heavy (non-hydrogen) atoms. The van der Waals surface area contributed by atoms with Gasteiger partial charge in [-0.25, -0.2) is 13.4 Å². The fraction of sp³-hybridized carbons (Fsp3) is 0.400. The minimum atomic E-state index is -3.70. The molecular formula is C15H17N5O3S. The molecule has 0 aliphatic carbocycles. The predicted octanol–water partition coefficient (Wildman–Crippen LogP) is 2.25. The average Bonchev–Trinajstić information content (AvgIpc) is 3.19. The number of nitrogens with one attached hydrogen (secondary N) is 1. The SMILES string of the molecule is O=S(=O)(c1c[nH]c2ncccc12)N1CCCCCC1c1ncon1. The van der Waals surface area contributed by atoms with Crippen molar-refractivity contribution in [2.24, 2.45) is 0 Å². The first kappa shape index (κ1) is 15.3. The summed E-state index contributed by atoms with van der Waals surface area (Å²) in [6, 6.07) is 3.08. The highest BCUT2D eigenvalue weighted by atomic mass is 32.2. The summed E-state index contributed by atoms with van der Waals surface area (Å²) < 4.78 is 33.0. The lowest BCUT2D eigenvalue weighted by atomic mass is 10.1. The molecule has 1 aliphatic heterocycles. The maximum absolute atomic E-state index is 13.3. The molecule has 0 aromatic carbocycles. The summed E-state index contributed by atoms with van der Waals surface area (Å²) in [5.41, 5.74) is 0.557. The number of H-pyrrole nitrogens is 1. The maximum Gasteiger partial charge on any atom is 0.245 e. The minimum Gasteiger partial charge on any atom is -0.345 e. The van der Waals surface area contributed by atoms with Crippen LogP contribution in [0.4, 0.5) is 0 Å². The van der Waals surface area contributed by atoms with Crippen LogP contribution < -0.4 is 0 Å². The second kappa shape index (κ2) is 5.99. The predicted molar refractivity (Wildman–Crippen MR) is 85.5 cm³/mol. The first-order chi connectivity index (χ1) is 11.7. The number of pyridine rings is 1. The van der Waals surface area contributed by atoms with E-state index in [0.717, 1.165) is 19.3 Å². The molecule has 0 bridgehead atoms. The Balaban J connectivity index is 1.81. The van der Waals surface area contributed by atoms with Crippen molar-refractivity contribution in [2.75, 3.05) is 6.54 Å². The van der Waals surface area contributed by atoms with E-state index in [0.29, 0.717) is 29.8 Å². The van der Waals surface area contributed by atoms with Gasteiger partial charge in [0.2, 0.25) is 16.4 Å². The summed E-state index contributed by atoms with van der Waals surface area (Å²) in [5, 5.41) is 4.47. The molecule has 1 unspecified atom stereocenters. The number of hydrogen-bond donors (Lipinski definition) is 1. The summed E-state index contributed by atoms with van der Waals surface area (Å²) in [5.74, 6) is 0.415. The van der Waals surface area contributed by atoms with E-state index in [-0.39, 0.29) is 4.90 Å². The second-order valence-electron chi connectivity index (χ2n) is 5.82. The molecule has 1 saturated heterocycles. The van der Waals surface area contributed by atoms with E-state index < -0.39 is 16.1 Å². The third-order valence-corrected chi connectivity index (χ3v) is 6.33. The molecule has 9 heteroatoms. The molecule has 1 fully saturated rings. The summed E-state index contributed by atoms with van der Waals surface area (Å²) in [6.45, 7) is 0.439. The van der Waals surface area contributed by atoms with Gasteiger partial charge in [0.25, 0.3) is 0 Å². The van der Waals surface area contributed by atoms with Crippen molar-refractivity contribution >= 4 is 21.1 Å². The van der Waals surface area contributed by atoms with Gasteiger partial charge >= 0.3 is 0 Å². The van der Waals surface area contributed by atoms with Crippen LogP contribution in [0.25, 0.3) is 11.0 Å². The summed E-state index contributed by atoms with van der Waals surface area (Å²) in [4.78, 5) is 11.4. The van der Waals surface area contributed by atoms with E-state index in [2.05, 4.69) is 20.1 Å². The molecule has 8 nitrogen and oxygen atoms in total. The second-order valence-corrected chi connectivity index (χ2v) is 7.68. The Bertz CT molecular complexity index is 935. The Morgan fingerprint density at radius 3 is 3.00 bits per heavy atom. The zero-order chi connectivity index (χ0) is 16.6. The molecule has 3 aromatic heterocycles. The first-order valence-electron chi connectivity index (χ1n) is 7.88. The normalized spacial score (nSPS) is 20.2. The quantitative estimate of drug-likeness (QED) is 0.779. The van der Waals surface area contributed by atoms with Crippen molar-refractivity contribution in [2.45, 2.75) is 36.6 Å². The minimum absolute atomic E-state index is 0.237. The molecule has 1 atom stereocenters. The number of aromatic amines is 1. The van der Waals surface area contributed by atoms with Gasteiger partial charge in [-0.3, -0.25) is 0 Å². The van der Waals surface area contributed by atoms with E-state index in [1.165, 1.54) is 16.9 Å². The molecule has 1 aliphatic rings. The van der Waals surface area contributed by atoms with E-state index in [4.69, 9.17) is 4.52 Å². The van der Waals surface area contributed by atoms with Crippen LogP contribution in [-0.2, 0) is 10.0 Å². The van der Waals surface area contributed by atoms with Crippen molar-refractivity contribution in [3.8, 4) is 0 Å². The van der Waals surface area contributed by atoms with Crippen molar-refractivity contribution in [3.63, 3.8) is 0 Å². The molecule has 4 heterocycles. The van der Waals surface area contributed by atoms with Crippen molar-refractivity contribution in [1.82, 2.24) is 24.4 Å². The Hall–Kier alpha value is -2.26. The van der Waals surface area contributed by atoms with Gasteiger partial charge in [0.1, 0.15) is 10.5 Å². The molecule has 0 radical (unpaired) electrons. The summed E-state index contributed by atoms with van der Waals surface area (Å²) in [7, 11) is -3.70. The van der Waals surface area contributed by atoms with Crippen LogP contribution in [0.15, 0.2) is 40.3 Å². The third kappa shape index (κ3) is 2.49. The van der Waals surface area contributed by atoms with Gasteiger partial charge in [0.15, 0.2) is 5.82 Å². The van der Waals surface area contributed by atoms with E-state index in [1.54, 1.807) is 18.3 Å². The molecule has 0 amide bonds. The first-order valence-corrected chi connectivity index (χ1v) is 9.32. The van der Waals surface area contributed by atoms with Gasteiger partial charge in [-0.2, -0.15) is 9.29 Å². The third-order valence-electron chi connectivity index (χ3n) is 4.38. The van der Waals surface area contributed by atoms with Crippen LogP contribution in [0.1, 0.15) is 37.5 Å². The maximum atomic E-state index is 13.3. The highest BCUT2D eigenvalue weighted by molar-refractivity contribution is 7.89. The number of sulfonamides is 1. The molecular weight excluding hydrogens is 330 g/mol. The Kier molecular flexibility index (Phi) is 3.81. The molecule has 0 spiro atoms. The van der Waals surface area contributed by atoms with Crippen LogP contribution in [0.3, 0.4) is 0 Å². The number of rotatable bonds is 3. The average molecular weight is 347 g/mol. The van der Waals surface area contributed by atoms with Crippen LogP contribution >= 0.6 is 0 Å². The zero-order valence-corrected chi connectivity index (χ0v) is 13.7. The standard InChI is InChI=1S/C15H17N5O3S/c21-24(22,13-9-17-14-11(13)5-4-7-16-14)20-8-3-1-2-6-12(20)15-18-10-23-19-15/h4-5,7,9-10,12H,1-3,6,8H2,(H,16,17). The lowest BCUT2D eigenvalue weighted by Gasteiger charge is -2.26. The topological polar surface area (TPSA) is 105 Å². The van der Waals surface area contributed by atoms with Crippen LogP contribution in [-0.4, -0.2) is 39.4 Å². The zero-order valence-electron chi connectivity index (χ0n) is 12.9. The van der Waals surface area contributed by atoms with Gasteiger partial charge < -0.3 is 9.51 Å². The monoisotopic (exact) mass is 347 g/mol. The summed E-state index contributed by atoms with van der Waals surface area (Å²) >= 11 is 0. The number of hydrogen-bond acceptors (Lipinski definition) is 6. The van der Waals surface area contributed by atoms with Gasteiger partial charge in [0.05, 0.1) is 6.04 Å². The fourth-order valence-electron chi connectivity index (χ4n) is 3.22. The van der Waals surface area contributed by atoms with Crippen molar-refractivity contribution in [1.29, 1.82) is 0 Å². The van der Waals surface area contributed by atoms with E-state index >= 15 is 0 Å². The van der Waals surface area contributed by atoms with Gasteiger partial charge in [-0.1, -0.05) is 18.0 Å². The van der Waals surface area contributed by atoms with Crippen LogP contribution in [0.2, 0.25) is 0 Å². The van der Waals surface area contributed by atoms with E-state index in [9.17, 15) is 8.42 Å². The van der Waals surface area contributed by atoms with Gasteiger partial charge in [-0.05, 0) is 25.0 Å². The smallest absolute Gasteiger partial charge is 0.245 e. The fourth-order valence-corrected chi connectivity index (χ4v) is 5.03. The van der Waals surface area contributed by atoms with Crippen LogP contribution in [0, 0.1) is 0 Å². The Morgan fingerprint density at radius 2 is 2.17 bits per heavy atom. The Labute approximate surface area is 138 Å². The molecule has 0 saturated carbocycles. The lowest BCUT2D eigenvalue weighted by molar-refractivity contribution is 0.304. The van der Waals surface area contributed by atoms with Crippen molar-refractivity contribution < 1.29 is 12.9 Å². The number of nitrogens with zero attached hydrogens (tertiary/aromatic N) is 4. The van der Waals surface area contributed by atoms with Crippen LogP contribution in [0.5, 0.6) is 0 Å². The lowest BCUT2D eigenvalue weighted by Crippen LogP contribution is -2.35. The Morgan fingerprint density at radius 1 is 1.25 bits per heavy atom.